The number of hydrogen-bond donors (Lipinski definition) is 0. The summed E-state index contributed by atoms with van der Waals surface area (Å²) in [5.74, 6) is 2.94. The molecule has 5 heteroatoms. The van der Waals surface area contributed by atoms with Gasteiger partial charge in [0.05, 0.1) is 5.56 Å². The van der Waals surface area contributed by atoms with Crippen LogP contribution < -0.4 is 0 Å². The van der Waals surface area contributed by atoms with Gasteiger partial charge in [-0.2, -0.15) is 13.2 Å². The molecule has 0 aliphatic rings. The van der Waals surface area contributed by atoms with Crippen LogP contribution >= 0.6 is 30.1 Å². The lowest BCUT2D eigenvalue weighted by Gasteiger charge is -2.14. The van der Waals surface area contributed by atoms with E-state index in [0.717, 1.165) is 17.2 Å². The average molecular weight is 418 g/mol. The largest absolute Gasteiger partial charge is 0.417 e. The summed E-state index contributed by atoms with van der Waals surface area (Å²) >= 11 is 2.07. The van der Waals surface area contributed by atoms with Gasteiger partial charge < -0.3 is 0 Å². The Kier molecular flexibility index (Phi) is 5.22. The Morgan fingerprint density at radius 2 is 1.76 bits per heavy atom. The summed E-state index contributed by atoms with van der Waals surface area (Å²) in [6.07, 6.45) is -4.36. The van der Waals surface area contributed by atoms with Crippen molar-refractivity contribution in [2.24, 2.45) is 0 Å². The third kappa shape index (κ3) is 3.95. The molecule has 0 radical (unpaired) electrons. The van der Waals surface area contributed by atoms with E-state index in [1.807, 2.05) is 6.07 Å². The van der Waals surface area contributed by atoms with Crippen LogP contribution in [-0.4, -0.2) is 0 Å². The topological polar surface area (TPSA) is 0 Å². The first-order valence-electron chi connectivity index (χ1n) is 5.99. The van der Waals surface area contributed by atoms with Gasteiger partial charge in [0.1, 0.15) is 0 Å². The highest BCUT2D eigenvalue weighted by Crippen LogP contribution is 2.38. The quantitative estimate of drug-likeness (QED) is 0.400. The van der Waals surface area contributed by atoms with Gasteiger partial charge >= 0.3 is 6.18 Å². The van der Waals surface area contributed by atoms with Crippen molar-refractivity contribution in [1.82, 2.24) is 0 Å². The van der Waals surface area contributed by atoms with E-state index in [0.29, 0.717) is 5.56 Å². The van der Waals surface area contributed by atoms with E-state index in [9.17, 15) is 13.2 Å². The highest BCUT2D eigenvalue weighted by Gasteiger charge is 2.33. The fourth-order valence-electron chi connectivity index (χ4n) is 2.09. The maximum absolute atomic E-state index is 13.1. The standard InChI is InChI=1S/C16H10F3IS/c1-11-10-12(8-9-21-20)6-7-13(11)14-4-2-3-5-15(14)16(17,18)19/h2-7,10H,1H3. The van der Waals surface area contributed by atoms with Crippen molar-refractivity contribution >= 4 is 30.1 Å². The molecule has 0 saturated heterocycles. The monoisotopic (exact) mass is 418 g/mol. The summed E-state index contributed by atoms with van der Waals surface area (Å²) in [6.45, 7) is 1.80. The SMILES string of the molecule is Cc1cc(C#CSI)ccc1-c1ccccc1C(F)(F)F. The van der Waals surface area contributed by atoms with Crippen LogP contribution in [0.3, 0.4) is 0 Å². The van der Waals surface area contributed by atoms with Crippen molar-refractivity contribution in [3.63, 3.8) is 0 Å². The molecule has 2 aromatic rings. The predicted molar refractivity (Wildman–Crippen MR) is 90.1 cm³/mol. The third-order valence-corrected chi connectivity index (χ3v) is 3.82. The van der Waals surface area contributed by atoms with Crippen LogP contribution in [0.2, 0.25) is 0 Å². The Balaban J connectivity index is 2.54. The Morgan fingerprint density at radius 3 is 2.38 bits per heavy atom. The van der Waals surface area contributed by atoms with Gasteiger partial charge in [-0.05, 0) is 56.0 Å². The second-order valence-electron chi connectivity index (χ2n) is 4.38. The minimum absolute atomic E-state index is 0.199. The molecule has 2 aromatic carbocycles. The van der Waals surface area contributed by atoms with Gasteiger partial charge in [-0.25, -0.2) is 0 Å². The van der Waals surface area contributed by atoms with Crippen LogP contribution in [0, 0.1) is 18.1 Å². The molecule has 0 bridgehead atoms. The molecule has 0 fully saturated rings. The molecular formula is C16H10F3IS. The Labute approximate surface area is 137 Å². The molecule has 0 amide bonds. The van der Waals surface area contributed by atoms with Crippen molar-refractivity contribution in [1.29, 1.82) is 0 Å². The predicted octanol–water partition coefficient (Wildman–Crippen LogP) is 6.07. The zero-order chi connectivity index (χ0) is 15.5. The maximum atomic E-state index is 13.1. The Bertz CT molecular complexity index is 711. The van der Waals surface area contributed by atoms with Crippen LogP contribution in [0.4, 0.5) is 13.2 Å². The first kappa shape index (κ1) is 16.2. The van der Waals surface area contributed by atoms with Crippen molar-refractivity contribution < 1.29 is 13.2 Å². The Hall–Kier alpha value is -1.13. The number of hydrogen-bond acceptors (Lipinski definition) is 1. The second kappa shape index (κ2) is 6.75. The van der Waals surface area contributed by atoms with E-state index in [1.165, 1.54) is 21.1 Å². The van der Waals surface area contributed by atoms with Gasteiger partial charge in [0.25, 0.3) is 0 Å². The number of halogens is 4. The fourth-order valence-corrected chi connectivity index (χ4v) is 2.57. The van der Waals surface area contributed by atoms with Gasteiger partial charge in [0, 0.05) is 26.8 Å². The first-order valence-corrected chi connectivity index (χ1v) is 9.35. The van der Waals surface area contributed by atoms with E-state index in [1.54, 1.807) is 25.1 Å². The number of aryl methyl sites for hydroxylation is 1. The summed E-state index contributed by atoms with van der Waals surface area (Å²) in [5, 5.41) is 2.86. The molecule has 0 N–H and O–H groups in total. The number of rotatable bonds is 1. The van der Waals surface area contributed by atoms with Gasteiger partial charge in [-0.1, -0.05) is 30.2 Å². The minimum Gasteiger partial charge on any atom is -0.166 e. The fraction of sp³-hybridized carbons (Fsp3) is 0.125. The second-order valence-corrected chi connectivity index (χ2v) is 6.06. The van der Waals surface area contributed by atoms with Crippen LogP contribution in [0.1, 0.15) is 16.7 Å². The average Bonchev–Trinajstić information content (AvgIpc) is 2.44. The van der Waals surface area contributed by atoms with Gasteiger partial charge in [-0.15, -0.1) is 0 Å². The number of benzene rings is 2. The van der Waals surface area contributed by atoms with E-state index in [-0.39, 0.29) is 5.56 Å². The molecule has 0 nitrogen and oxygen atoms in total. The minimum atomic E-state index is -4.36. The summed E-state index contributed by atoms with van der Waals surface area (Å²) < 4.78 is 39.3. The molecule has 2 rings (SSSR count). The summed E-state index contributed by atoms with van der Waals surface area (Å²) in [6, 6.07) is 10.9. The van der Waals surface area contributed by atoms with Crippen molar-refractivity contribution in [3.8, 4) is 22.3 Å². The summed E-state index contributed by atoms with van der Waals surface area (Å²) in [5.41, 5.74) is 1.73. The molecule has 0 aliphatic carbocycles. The summed E-state index contributed by atoms with van der Waals surface area (Å²) in [4.78, 5) is 0. The maximum Gasteiger partial charge on any atom is 0.417 e. The lowest BCUT2D eigenvalue weighted by Crippen LogP contribution is -2.07. The van der Waals surface area contributed by atoms with E-state index in [2.05, 4.69) is 32.4 Å². The third-order valence-electron chi connectivity index (χ3n) is 2.98. The molecule has 0 unspecified atom stereocenters. The van der Waals surface area contributed by atoms with Crippen LogP contribution in [-0.2, 0) is 6.18 Å². The van der Waals surface area contributed by atoms with Crippen LogP contribution in [0.25, 0.3) is 11.1 Å². The lowest BCUT2D eigenvalue weighted by atomic mass is 9.94. The van der Waals surface area contributed by atoms with Crippen molar-refractivity contribution in [3.05, 3.63) is 59.2 Å². The molecule has 0 saturated carbocycles. The molecule has 0 atom stereocenters. The molecule has 21 heavy (non-hydrogen) atoms. The first-order chi connectivity index (χ1) is 9.93. The molecule has 0 heterocycles. The zero-order valence-corrected chi connectivity index (χ0v) is 13.9. The number of alkyl halides is 3. The smallest absolute Gasteiger partial charge is 0.166 e. The lowest BCUT2D eigenvalue weighted by molar-refractivity contribution is -0.137. The van der Waals surface area contributed by atoms with Crippen molar-refractivity contribution in [2.45, 2.75) is 13.1 Å². The molecule has 108 valence electrons. The van der Waals surface area contributed by atoms with E-state index < -0.39 is 11.7 Å². The summed E-state index contributed by atoms with van der Waals surface area (Å²) in [7, 11) is 1.37. The zero-order valence-electron chi connectivity index (χ0n) is 11.0. The molecule has 0 aromatic heterocycles. The van der Waals surface area contributed by atoms with Crippen LogP contribution in [0.15, 0.2) is 42.5 Å². The normalized spacial score (nSPS) is 10.9. The highest BCUT2D eigenvalue weighted by atomic mass is 127. The Morgan fingerprint density at radius 1 is 1.05 bits per heavy atom. The van der Waals surface area contributed by atoms with Gasteiger partial charge in [0.2, 0.25) is 0 Å². The van der Waals surface area contributed by atoms with Gasteiger partial charge in [-0.3, -0.25) is 0 Å². The molecule has 0 aliphatic heterocycles. The van der Waals surface area contributed by atoms with Crippen molar-refractivity contribution in [2.75, 3.05) is 0 Å². The van der Waals surface area contributed by atoms with E-state index in [4.69, 9.17) is 0 Å². The van der Waals surface area contributed by atoms with Crippen LogP contribution in [0.5, 0.6) is 0 Å². The van der Waals surface area contributed by atoms with E-state index >= 15 is 0 Å². The highest BCUT2D eigenvalue weighted by molar-refractivity contribution is 14.2. The van der Waals surface area contributed by atoms with Gasteiger partial charge in [0.15, 0.2) is 0 Å². The molecular weight excluding hydrogens is 408 g/mol. The molecule has 0 spiro atoms.